The van der Waals surface area contributed by atoms with Crippen molar-refractivity contribution in [3.05, 3.63) is 69.8 Å². The fourth-order valence-corrected chi connectivity index (χ4v) is 3.27. The zero-order valence-electron chi connectivity index (χ0n) is 14.3. The molecule has 0 fully saturated rings. The van der Waals surface area contributed by atoms with Gasteiger partial charge in [0, 0.05) is 23.6 Å². The van der Waals surface area contributed by atoms with Crippen molar-refractivity contribution in [2.24, 2.45) is 0 Å². The van der Waals surface area contributed by atoms with Gasteiger partial charge in [0.1, 0.15) is 0 Å². The molecule has 1 unspecified atom stereocenters. The van der Waals surface area contributed by atoms with Gasteiger partial charge in [0.2, 0.25) is 5.91 Å². The molecule has 1 N–H and O–H groups in total. The van der Waals surface area contributed by atoms with Gasteiger partial charge in [-0.3, -0.25) is 14.9 Å². The number of halogens is 3. The number of nitro benzene ring substituents is 1. The molecule has 9 heteroatoms. The first kappa shape index (κ1) is 20.8. The van der Waals surface area contributed by atoms with Crippen LogP contribution in [0.4, 0.5) is 18.9 Å². The van der Waals surface area contributed by atoms with Crippen molar-refractivity contribution in [3.63, 3.8) is 0 Å². The second kappa shape index (κ2) is 8.90. The molecule has 0 bridgehead atoms. The minimum absolute atomic E-state index is 0.0419. The summed E-state index contributed by atoms with van der Waals surface area (Å²) >= 11 is 1.21. The van der Waals surface area contributed by atoms with Gasteiger partial charge in [-0.1, -0.05) is 18.2 Å². The fraction of sp³-hybridized carbons (Fsp3) is 0.278. The zero-order valence-corrected chi connectivity index (χ0v) is 15.1. The molecule has 1 atom stereocenters. The minimum atomic E-state index is -4.43. The summed E-state index contributed by atoms with van der Waals surface area (Å²) in [5.41, 5.74) is -0.617. The van der Waals surface area contributed by atoms with E-state index in [2.05, 4.69) is 5.32 Å². The third kappa shape index (κ3) is 5.99. The van der Waals surface area contributed by atoms with E-state index < -0.39 is 21.9 Å². The Kier molecular flexibility index (Phi) is 6.84. The van der Waals surface area contributed by atoms with Gasteiger partial charge >= 0.3 is 6.18 Å². The standard InChI is InChI=1S/C18H17F3N2O3S/c1-12(27-15-8-6-14(7-9-15)23(25)26)17(24)22-11-10-13-4-2-3-5-16(13)18(19,20)21/h2-9,12H,10-11H2,1H3,(H,22,24). The lowest BCUT2D eigenvalue weighted by Crippen LogP contribution is -2.32. The van der Waals surface area contributed by atoms with E-state index in [1.165, 1.54) is 42.1 Å². The maximum atomic E-state index is 13.0. The lowest BCUT2D eigenvalue weighted by atomic mass is 10.0. The molecule has 0 aliphatic carbocycles. The molecule has 2 aromatic rings. The summed E-state index contributed by atoms with van der Waals surface area (Å²) in [5, 5.41) is 12.8. The molecule has 1 amide bonds. The lowest BCUT2D eigenvalue weighted by Gasteiger charge is -2.14. The molecule has 2 aromatic carbocycles. The Labute approximate surface area is 158 Å². The van der Waals surface area contributed by atoms with E-state index in [1.54, 1.807) is 19.1 Å². The number of alkyl halides is 3. The van der Waals surface area contributed by atoms with Gasteiger partial charge in [-0.25, -0.2) is 0 Å². The first-order chi connectivity index (χ1) is 12.7. The minimum Gasteiger partial charge on any atom is -0.355 e. The second-order valence-corrected chi connectivity index (χ2v) is 7.12. The number of hydrogen-bond donors (Lipinski definition) is 1. The summed E-state index contributed by atoms with van der Waals surface area (Å²) in [7, 11) is 0. The van der Waals surface area contributed by atoms with Crippen LogP contribution >= 0.6 is 11.8 Å². The van der Waals surface area contributed by atoms with Gasteiger partial charge in [-0.05, 0) is 37.1 Å². The van der Waals surface area contributed by atoms with Crippen LogP contribution in [0.25, 0.3) is 0 Å². The third-order valence-corrected chi connectivity index (χ3v) is 4.86. The molecule has 0 radical (unpaired) electrons. The number of nitrogens with one attached hydrogen (secondary N) is 1. The highest BCUT2D eigenvalue weighted by atomic mass is 32.2. The van der Waals surface area contributed by atoms with Crippen molar-refractivity contribution in [1.82, 2.24) is 5.32 Å². The summed E-state index contributed by atoms with van der Waals surface area (Å²) < 4.78 is 38.9. The Hall–Kier alpha value is -2.55. The second-order valence-electron chi connectivity index (χ2n) is 5.71. The molecular formula is C18H17F3N2O3S. The molecule has 0 saturated carbocycles. The largest absolute Gasteiger partial charge is 0.416 e. The smallest absolute Gasteiger partial charge is 0.355 e. The Morgan fingerprint density at radius 1 is 1.19 bits per heavy atom. The summed E-state index contributed by atoms with van der Waals surface area (Å²) in [6.07, 6.45) is -4.37. The van der Waals surface area contributed by atoms with E-state index in [4.69, 9.17) is 0 Å². The van der Waals surface area contributed by atoms with E-state index in [1.807, 2.05) is 0 Å². The maximum absolute atomic E-state index is 13.0. The molecule has 2 rings (SSSR count). The number of thioether (sulfide) groups is 1. The lowest BCUT2D eigenvalue weighted by molar-refractivity contribution is -0.384. The molecule has 0 heterocycles. The van der Waals surface area contributed by atoms with E-state index in [0.717, 1.165) is 6.07 Å². The predicted molar refractivity (Wildman–Crippen MR) is 96.6 cm³/mol. The maximum Gasteiger partial charge on any atom is 0.416 e. The number of carbonyl (C=O) groups excluding carboxylic acids is 1. The first-order valence-electron chi connectivity index (χ1n) is 8.02. The molecule has 5 nitrogen and oxygen atoms in total. The topological polar surface area (TPSA) is 72.2 Å². The SMILES string of the molecule is CC(Sc1ccc([N+](=O)[O-])cc1)C(=O)NCCc1ccccc1C(F)(F)F. The Bertz CT molecular complexity index is 810. The summed E-state index contributed by atoms with van der Waals surface area (Å²) in [6, 6.07) is 11.1. The highest BCUT2D eigenvalue weighted by molar-refractivity contribution is 8.00. The van der Waals surface area contributed by atoms with Crippen molar-refractivity contribution in [2.75, 3.05) is 6.54 Å². The van der Waals surface area contributed by atoms with Gasteiger partial charge in [0.15, 0.2) is 0 Å². The summed E-state index contributed by atoms with van der Waals surface area (Å²) in [4.78, 5) is 22.9. The van der Waals surface area contributed by atoms with E-state index >= 15 is 0 Å². The van der Waals surface area contributed by atoms with Crippen molar-refractivity contribution in [2.45, 2.75) is 29.7 Å². The van der Waals surface area contributed by atoms with Crippen LogP contribution in [0.2, 0.25) is 0 Å². The average molecular weight is 398 g/mol. The van der Waals surface area contributed by atoms with Crippen molar-refractivity contribution >= 4 is 23.4 Å². The summed E-state index contributed by atoms with van der Waals surface area (Å²) in [5.74, 6) is -0.317. The van der Waals surface area contributed by atoms with Crippen LogP contribution in [0.15, 0.2) is 53.4 Å². The number of amides is 1. The summed E-state index contributed by atoms with van der Waals surface area (Å²) in [6.45, 7) is 1.74. The number of benzene rings is 2. The predicted octanol–water partition coefficient (Wildman–Crippen LogP) is 4.45. The molecule has 0 aliphatic rings. The van der Waals surface area contributed by atoms with Crippen LogP contribution in [0, 0.1) is 10.1 Å². The Balaban J connectivity index is 1.88. The zero-order chi connectivity index (χ0) is 20.0. The van der Waals surface area contributed by atoms with E-state index in [9.17, 15) is 28.1 Å². The molecule has 144 valence electrons. The Morgan fingerprint density at radius 2 is 1.81 bits per heavy atom. The van der Waals surface area contributed by atoms with Gasteiger partial charge < -0.3 is 5.32 Å². The molecule has 0 saturated heterocycles. The van der Waals surface area contributed by atoms with E-state index in [0.29, 0.717) is 4.90 Å². The Morgan fingerprint density at radius 3 is 2.41 bits per heavy atom. The van der Waals surface area contributed by atoms with Crippen molar-refractivity contribution in [1.29, 1.82) is 0 Å². The highest BCUT2D eigenvalue weighted by Crippen LogP contribution is 2.32. The van der Waals surface area contributed by atoms with E-state index in [-0.39, 0.29) is 30.1 Å². The fourth-order valence-electron chi connectivity index (χ4n) is 2.38. The van der Waals surface area contributed by atoms with Crippen molar-refractivity contribution < 1.29 is 22.9 Å². The highest BCUT2D eigenvalue weighted by Gasteiger charge is 2.32. The number of nitro groups is 1. The third-order valence-electron chi connectivity index (χ3n) is 3.75. The average Bonchev–Trinajstić information content (AvgIpc) is 2.61. The quantitative estimate of drug-likeness (QED) is 0.425. The van der Waals surface area contributed by atoms with Crippen LogP contribution in [0.3, 0.4) is 0 Å². The van der Waals surface area contributed by atoms with Gasteiger partial charge in [-0.2, -0.15) is 13.2 Å². The van der Waals surface area contributed by atoms with Gasteiger partial charge in [0.25, 0.3) is 5.69 Å². The van der Waals surface area contributed by atoms with Crippen LogP contribution in [-0.2, 0) is 17.4 Å². The number of hydrogen-bond acceptors (Lipinski definition) is 4. The number of non-ortho nitro benzene ring substituents is 1. The number of carbonyl (C=O) groups is 1. The van der Waals surface area contributed by atoms with Crippen LogP contribution in [0.1, 0.15) is 18.1 Å². The van der Waals surface area contributed by atoms with Crippen LogP contribution < -0.4 is 5.32 Å². The first-order valence-corrected chi connectivity index (χ1v) is 8.90. The molecule has 0 spiro atoms. The molecular weight excluding hydrogens is 381 g/mol. The van der Waals surface area contributed by atoms with Gasteiger partial charge in [-0.15, -0.1) is 11.8 Å². The normalized spacial score (nSPS) is 12.4. The van der Waals surface area contributed by atoms with Crippen LogP contribution in [0.5, 0.6) is 0 Å². The van der Waals surface area contributed by atoms with Gasteiger partial charge in [0.05, 0.1) is 15.7 Å². The number of nitrogens with zero attached hydrogens (tertiary/aromatic N) is 1. The molecule has 27 heavy (non-hydrogen) atoms. The van der Waals surface area contributed by atoms with Crippen LogP contribution in [-0.4, -0.2) is 22.6 Å². The molecule has 0 aliphatic heterocycles. The monoisotopic (exact) mass is 398 g/mol. The van der Waals surface area contributed by atoms with Crippen molar-refractivity contribution in [3.8, 4) is 0 Å². The number of rotatable bonds is 7. The molecule has 0 aromatic heterocycles.